The van der Waals surface area contributed by atoms with Crippen LogP contribution in [-0.4, -0.2) is 11.1 Å². The Morgan fingerprint density at radius 3 is 2.24 bits per heavy atom. The van der Waals surface area contributed by atoms with Crippen molar-refractivity contribution in [2.45, 2.75) is 20.0 Å². The predicted octanol–water partition coefficient (Wildman–Crippen LogP) is 4.83. The first-order valence-corrected chi connectivity index (χ1v) is 7.19. The van der Waals surface area contributed by atoms with Gasteiger partial charge in [0.05, 0.1) is 15.6 Å². The number of aryl methyl sites for hydroxylation is 1. The first kappa shape index (κ1) is 15.7. The maximum atomic E-state index is 10.7. The Morgan fingerprint density at radius 2 is 1.90 bits per heavy atom. The second kappa shape index (κ2) is 6.83. The summed E-state index contributed by atoms with van der Waals surface area (Å²) < 4.78 is 5.18. The third-order valence-electron chi connectivity index (χ3n) is 3.06. The van der Waals surface area contributed by atoms with Crippen molar-refractivity contribution >= 4 is 29.2 Å². The lowest BCUT2D eigenvalue weighted by Crippen LogP contribution is -2.00. The van der Waals surface area contributed by atoms with Crippen LogP contribution in [0.4, 0.5) is 0 Å². The Bertz CT molecular complexity index is 628. The molecule has 0 saturated carbocycles. The fourth-order valence-corrected chi connectivity index (χ4v) is 2.29. The average Bonchev–Trinajstić information content (AvgIpc) is 2.52. The molecule has 3 nitrogen and oxygen atoms in total. The minimum atomic E-state index is -1.05. The van der Waals surface area contributed by atoms with Crippen molar-refractivity contribution in [1.29, 1.82) is 0 Å². The summed E-state index contributed by atoms with van der Waals surface area (Å²) in [5.41, 5.74) is 2.19. The first-order valence-electron chi connectivity index (χ1n) is 6.44. The van der Waals surface area contributed by atoms with Crippen molar-refractivity contribution in [3.05, 3.63) is 63.1 Å². The van der Waals surface area contributed by atoms with Crippen LogP contribution < -0.4 is 4.74 Å². The van der Waals surface area contributed by atoms with Gasteiger partial charge in [0.25, 0.3) is 0 Å². The van der Waals surface area contributed by atoms with E-state index in [0.717, 1.165) is 24.3 Å². The minimum Gasteiger partial charge on any atom is -0.489 e. The van der Waals surface area contributed by atoms with Crippen molar-refractivity contribution in [2.24, 2.45) is 0 Å². The SMILES string of the molecule is CCc1cc(Cl)c(Cl)c(C(=O)O)c1.c1cc2ccc1CO2. The highest BCUT2D eigenvalue weighted by atomic mass is 35.5. The molecule has 0 radical (unpaired) electrons. The molecule has 2 heterocycles. The molecule has 2 bridgehead atoms. The van der Waals surface area contributed by atoms with Gasteiger partial charge >= 0.3 is 5.97 Å². The summed E-state index contributed by atoms with van der Waals surface area (Å²) in [6.07, 6.45) is 0.733. The van der Waals surface area contributed by atoms with Gasteiger partial charge in [-0.05, 0) is 41.8 Å². The lowest BCUT2D eigenvalue weighted by Gasteiger charge is -2.11. The molecule has 0 spiro atoms. The van der Waals surface area contributed by atoms with Crippen molar-refractivity contribution in [3.8, 4) is 5.75 Å². The number of benzene rings is 2. The fraction of sp³-hybridized carbons (Fsp3) is 0.188. The Morgan fingerprint density at radius 1 is 1.24 bits per heavy atom. The molecule has 21 heavy (non-hydrogen) atoms. The Kier molecular flexibility index (Phi) is 5.10. The van der Waals surface area contributed by atoms with Crippen LogP contribution in [0.15, 0.2) is 36.4 Å². The van der Waals surface area contributed by atoms with Gasteiger partial charge in [-0.3, -0.25) is 0 Å². The van der Waals surface area contributed by atoms with Gasteiger partial charge in [0.2, 0.25) is 0 Å². The number of carbonyl (C=O) groups is 1. The van der Waals surface area contributed by atoms with E-state index in [9.17, 15) is 4.79 Å². The highest BCUT2D eigenvalue weighted by molar-refractivity contribution is 6.43. The number of hydrogen-bond donors (Lipinski definition) is 1. The van der Waals surface area contributed by atoms with Crippen LogP contribution in [0.5, 0.6) is 5.75 Å². The molecule has 0 unspecified atom stereocenters. The number of hydrogen-bond acceptors (Lipinski definition) is 2. The smallest absolute Gasteiger partial charge is 0.337 e. The summed E-state index contributed by atoms with van der Waals surface area (Å²) in [6.45, 7) is 2.69. The lowest BCUT2D eigenvalue weighted by molar-refractivity contribution is 0.0697. The zero-order chi connectivity index (χ0) is 15.4. The topological polar surface area (TPSA) is 46.5 Å². The highest BCUT2D eigenvalue weighted by Gasteiger charge is 2.12. The summed E-state index contributed by atoms with van der Waals surface area (Å²) in [5, 5.41) is 9.16. The Balaban J connectivity index is 0.000000170. The molecule has 0 fully saturated rings. The van der Waals surface area contributed by atoms with E-state index in [1.807, 2.05) is 19.1 Å². The van der Waals surface area contributed by atoms with Crippen LogP contribution >= 0.6 is 23.2 Å². The molecule has 0 saturated heterocycles. The zero-order valence-electron chi connectivity index (χ0n) is 11.4. The van der Waals surface area contributed by atoms with Gasteiger partial charge in [-0.1, -0.05) is 42.3 Å². The van der Waals surface area contributed by atoms with E-state index in [1.165, 1.54) is 11.6 Å². The maximum Gasteiger partial charge on any atom is 0.337 e. The number of rotatable bonds is 2. The number of aromatic carboxylic acids is 1. The quantitative estimate of drug-likeness (QED) is 0.860. The molecule has 1 N–H and O–H groups in total. The first-order chi connectivity index (χ1) is 10.0. The van der Waals surface area contributed by atoms with Crippen molar-refractivity contribution in [3.63, 3.8) is 0 Å². The van der Waals surface area contributed by atoms with Crippen molar-refractivity contribution < 1.29 is 14.6 Å². The van der Waals surface area contributed by atoms with E-state index in [4.69, 9.17) is 33.0 Å². The summed E-state index contributed by atoms with van der Waals surface area (Å²) in [6, 6.07) is 11.3. The molecule has 4 rings (SSSR count). The van der Waals surface area contributed by atoms with Crippen LogP contribution in [0.25, 0.3) is 0 Å². The Labute approximate surface area is 133 Å². The third-order valence-corrected chi connectivity index (χ3v) is 3.86. The summed E-state index contributed by atoms with van der Waals surface area (Å²) >= 11 is 11.5. The Hall–Kier alpha value is -1.71. The van der Waals surface area contributed by atoms with Crippen molar-refractivity contribution in [2.75, 3.05) is 0 Å². The van der Waals surface area contributed by atoms with Crippen molar-refractivity contribution in [1.82, 2.24) is 0 Å². The maximum absolute atomic E-state index is 10.7. The monoisotopic (exact) mass is 324 g/mol. The number of ether oxygens (including phenoxy) is 1. The van der Waals surface area contributed by atoms with Crippen LogP contribution in [0.1, 0.15) is 28.4 Å². The van der Waals surface area contributed by atoms with Gasteiger partial charge in [0.15, 0.2) is 0 Å². The lowest BCUT2D eigenvalue weighted by atomic mass is 10.1. The van der Waals surface area contributed by atoms with Gasteiger partial charge in [0, 0.05) is 0 Å². The van der Waals surface area contributed by atoms with E-state index in [1.54, 1.807) is 6.07 Å². The average molecular weight is 325 g/mol. The number of carboxylic acid groups (broad SMARTS) is 1. The molecule has 2 aliphatic rings. The molecule has 2 aliphatic heterocycles. The van der Waals surface area contributed by atoms with Crippen LogP contribution in [0.3, 0.4) is 0 Å². The molecule has 2 aromatic carbocycles. The fourth-order valence-electron chi connectivity index (χ4n) is 1.85. The molecule has 0 aliphatic carbocycles. The number of carboxylic acids is 1. The second-order valence-corrected chi connectivity index (χ2v) is 5.32. The molecular formula is C16H14Cl2O3. The standard InChI is InChI=1S/C9H8Cl2O2.C7H6O/c1-2-5-3-6(9(12)13)8(11)7(10)4-5;1-3-7-4-2-6(1)5-8-7/h3-4H,2H2,1H3,(H,12,13);1-4H,5H2. The van der Waals surface area contributed by atoms with E-state index in [-0.39, 0.29) is 10.6 Å². The van der Waals surface area contributed by atoms with E-state index in [2.05, 4.69) is 12.1 Å². The predicted molar refractivity (Wildman–Crippen MR) is 83.6 cm³/mol. The molecule has 0 aromatic heterocycles. The summed E-state index contributed by atoms with van der Waals surface area (Å²) in [7, 11) is 0. The van der Waals surface area contributed by atoms with Gasteiger partial charge < -0.3 is 9.84 Å². The second-order valence-electron chi connectivity index (χ2n) is 4.53. The molecule has 2 aromatic rings. The van der Waals surface area contributed by atoms with Crippen LogP contribution in [0, 0.1) is 0 Å². The van der Waals surface area contributed by atoms with E-state index < -0.39 is 5.97 Å². The number of fused-ring (bicyclic) bond motifs is 3. The van der Waals surface area contributed by atoms with E-state index >= 15 is 0 Å². The minimum absolute atomic E-state index is 0.0611. The molecule has 110 valence electrons. The molecule has 0 amide bonds. The van der Waals surface area contributed by atoms with E-state index in [0.29, 0.717) is 5.02 Å². The van der Waals surface area contributed by atoms with Crippen LogP contribution in [-0.2, 0) is 13.0 Å². The third kappa shape index (κ3) is 3.90. The van der Waals surface area contributed by atoms with Gasteiger partial charge in [-0.2, -0.15) is 0 Å². The van der Waals surface area contributed by atoms with Gasteiger partial charge in [0.1, 0.15) is 12.4 Å². The number of halogens is 2. The summed E-state index contributed by atoms with van der Waals surface area (Å²) in [4.78, 5) is 10.7. The zero-order valence-corrected chi connectivity index (χ0v) is 12.9. The molecule has 0 atom stereocenters. The highest BCUT2D eigenvalue weighted by Crippen LogP contribution is 2.27. The van der Waals surface area contributed by atoms with Crippen LogP contribution in [0.2, 0.25) is 10.0 Å². The largest absolute Gasteiger partial charge is 0.489 e. The molecule has 5 heteroatoms. The summed E-state index contributed by atoms with van der Waals surface area (Å²) in [5.74, 6) is -0.0674. The van der Waals surface area contributed by atoms with Gasteiger partial charge in [-0.15, -0.1) is 0 Å². The van der Waals surface area contributed by atoms with Gasteiger partial charge in [-0.25, -0.2) is 4.79 Å². The molecular weight excluding hydrogens is 311 g/mol. The normalized spacial score (nSPS) is 11.4.